The van der Waals surface area contributed by atoms with Crippen molar-refractivity contribution in [2.24, 2.45) is 23.7 Å². The van der Waals surface area contributed by atoms with Gasteiger partial charge in [-0.15, -0.1) is 0 Å². The van der Waals surface area contributed by atoms with Gasteiger partial charge in [0.15, 0.2) is 0 Å². The van der Waals surface area contributed by atoms with Crippen LogP contribution in [0.15, 0.2) is 0 Å². The first kappa shape index (κ1) is 7.24. The second-order valence-electron chi connectivity index (χ2n) is 4.06. The number of hydrogen-bond donors (Lipinski definition) is 0. The molecule has 0 amide bonds. The molecule has 0 aromatic carbocycles. The van der Waals surface area contributed by atoms with Crippen LogP contribution in [0, 0.1) is 23.7 Å². The Hall–Kier alpha value is -1.19. The fourth-order valence-corrected chi connectivity index (χ4v) is 3.00. The number of hydrogen-bond acceptors (Lipinski definition) is 4. The third-order valence-corrected chi connectivity index (χ3v) is 3.51. The highest BCUT2D eigenvalue weighted by Gasteiger charge is 2.62. The predicted molar refractivity (Wildman–Crippen MR) is 39.3 cm³/mol. The van der Waals surface area contributed by atoms with E-state index in [-0.39, 0.29) is 23.5 Å². The van der Waals surface area contributed by atoms with Crippen molar-refractivity contribution in [3.05, 3.63) is 0 Å². The number of esters is 2. The Labute approximate surface area is 74.2 Å². The van der Waals surface area contributed by atoms with Gasteiger partial charge in [-0.25, -0.2) is 0 Å². The Bertz CT molecular complexity index is 333. The quantitative estimate of drug-likeness (QED) is 0.386. The molecule has 0 N–H and O–H groups in total. The first-order valence-electron chi connectivity index (χ1n) is 4.46. The fourth-order valence-electron chi connectivity index (χ4n) is 3.00. The predicted octanol–water partition coefficient (Wildman–Crippen LogP) is -0.0889. The van der Waals surface area contributed by atoms with Crippen LogP contribution in [0.1, 0.15) is 12.8 Å². The SMILES string of the molecule is O=C1OC(=O)[C@H]2[C@H]1[C@H]1CC(=O)[C@H]2C1. The summed E-state index contributed by atoms with van der Waals surface area (Å²) in [6, 6.07) is 0. The summed E-state index contributed by atoms with van der Waals surface area (Å²) in [7, 11) is 0. The van der Waals surface area contributed by atoms with E-state index in [9.17, 15) is 14.4 Å². The van der Waals surface area contributed by atoms with Gasteiger partial charge in [0.25, 0.3) is 0 Å². The molecule has 0 aromatic heterocycles. The summed E-state index contributed by atoms with van der Waals surface area (Å²) >= 11 is 0. The molecule has 2 saturated carbocycles. The fraction of sp³-hybridized carbons (Fsp3) is 0.667. The molecule has 3 aliphatic rings. The van der Waals surface area contributed by atoms with Crippen LogP contribution in [-0.4, -0.2) is 17.7 Å². The Morgan fingerprint density at radius 3 is 2.54 bits per heavy atom. The number of carbonyl (C=O) groups is 3. The summed E-state index contributed by atoms with van der Waals surface area (Å²) in [6.45, 7) is 0. The zero-order chi connectivity index (χ0) is 9.16. The molecule has 13 heavy (non-hydrogen) atoms. The molecule has 0 radical (unpaired) electrons. The van der Waals surface area contributed by atoms with Crippen molar-refractivity contribution in [2.75, 3.05) is 0 Å². The van der Waals surface area contributed by atoms with Gasteiger partial charge in [0.1, 0.15) is 5.78 Å². The molecule has 3 rings (SSSR count). The number of fused-ring (bicyclic) bond motifs is 5. The molecule has 4 heteroatoms. The van der Waals surface area contributed by atoms with Gasteiger partial charge in [-0.3, -0.25) is 14.4 Å². The zero-order valence-electron chi connectivity index (χ0n) is 6.86. The Morgan fingerprint density at radius 1 is 1.08 bits per heavy atom. The molecule has 2 aliphatic carbocycles. The summed E-state index contributed by atoms with van der Waals surface area (Å²) in [5, 5.41) is 0. The molecule has 3 fully saturated rings. The molecule has 1 saturated heterocycles. The summed E-state index contributed by atoms with van der Waals surface area (Å²) in [6.07, 6.45) is 1.18. The summed E-state index contributed by atoms with van der Waals surface area (Å²) < 4.78 is 4.53. The van der Waals surface area contributed by atoms with Crippen molar-refractivity contribution >= 4 is 17.7 Å². The van der Waals surface area contributed by atoms with Crippen LogP contribution in [0.3, 0.4) is 0 Å². The van der Waals surface area contributed by atoms with Gasteiger partial charge in [0, 0.05) is 12.3 Å². The normalized spacial score (nSPS) is 46.9. The number of ketones is 1. The number of rotatable bonds is 0. The summed E-state index contributed by atoms with van der Waals surface area (Å²) in [5.74, 6) is -1.60. The van der Waals surface area contributed by atoms with E-state index in [0.29, 0.717) is 6.42 Å². The maximum atomic E-state index is 11.3. The van der Waals surface area contributed by atoms with Gasteiger partial charge < -0.3 is 4.74 Å². The molecular weight excluding hydrogens is 172 g/mol. The number of cyclic esters (lactones) is 2. The van der Waals surface area contributed by atoms with Crippen LogP contribution in [-0.2, 0) is 19.1 Å². The van der Waals surface area contributed by atoms with Gasteiger partial charge in [0.2, 0.25) is 0 Å². The first-order valence-corrected chi connectivity index (χ1v) is 4.46. The lowest BCUT2D eigenvalue weighted by Gasteiger charge is -2.16. The van der Waals surface area contributed by atoms with Crippen LogP contribution >= 0.6 is 0 Å². The smallest absolute Gasteiger partial charge is 0.318 e. The van der Waals surface area contributed by atoms with Gasteiger partial charge in [-0.05, 0) is 12.3 Å². The Kier molecular flexibility index (Phi) is 1.11. The molecule has 0 aromatic rings. The standard InChI is InChI=1S/C9H8O4/c10-5-2-3-1-4(5)7-6(3)8(11)13-9(7)12/h3-4,6-7H,1-2H2/t3-,4-,6-,7-/m1/s1. The molecule has 0 spiro atoms. The minimum atomic E-state index is -0.476. The summed E-state index contributed by atoms with van der Waals surface area (Å²) in [5.41, 5.74) is 0. The van der Waals surface area contributed by atoms with Crippen LogP contribution in [0.2, 0.25) is 0 Å². The second-order valence-corrected chi connectivity index (χ2v) is 4.06. The highest BCUT2D eigenvalue weighted by molar-refractivity contribution is 6.03. The average molecular weight is 180 g/mol. The van der Waals surface area contributed by atoms with E-state index in [2.05, 4.69) is 4.74 Å². The van der Waals surface area contributed by atoms with E-state index >= 15 is 0 Å². The number of carbonyl (C=O) groups excluding carboxylic acids is 3. The lowest BCUT2D eigenvalue weighted by atomic mass is 9.80. The first-order chi connectivity index (χ1) is 6.18. The van der Waals surface area contributed by atoms with Gasteiger partial charge in [-0.2, -0.15) is 0 Å². The van der Waals surface area contributed by atoms with E-state index in [1.165, 1.54) is 0 Å². The average Bonchev–Trinajstić information content (AvgIpc) is 2.64. The molecule has 0 unspecified atom stereocenters. The van der Waals surface area contributed by atoms with Crippen molar-refractivity contribution in [3.8, 4) is 0 Å². The highest BCUT2D eigenvalue weighted by Crippen LogP contribution is 2.53. The molecular formula is C9H8O4. The van der Waals surface area contributed by atoms with Gasteiger partial charge in [0.05, 0.1) is 11.8 Å². The maximum Gasteiger partial charge on any atom is 0.318 e. The molecule has 1 aliphatic heterocycles. The van der Waals surface area contributed by atoms with Crippen LogP contribution in [0.5, 0.6) is 0 Å². The van der Waals surface area contributed by atoms with E-state index in [0.717, 1.165) is 6.42 Å². The number of Topliss-reactive ketones (excluding diaryl/α,β-unsaturated/α-hetero) is 1. The molecule has 4 nitrogen and oxygen atoms in total. The largest absolute Gasteiger partial charge is 0.393 e. The van der Waals surface area contributed by atoms with Crippen molar-refractivity contribution < 1.29 is 19.1 Å². The van der Waals surface area contributed by atoms with Crippen molar-refractivity contribution in [3.63, 3.8) is 0 Å². The van der Waals surface area contributed by atoms with Crippen molar-refractivity contribution in [2.45, 2.75) is 12.8 Å². The third-order valence-electron chi connectivity index (χ3n) is 3.51. The molecule has 68 valence electrons. The van der Waals surface area contributed by atoms with E-state index in [1.54, 1.807) is 0 Å². The van der Waals surface area contributed by atoms with Crippen LogP contribution in [0.25, 0.3) is 0 Å². The minimum Gasteiger partial charge on any atom is -0.393 e. The van der Waals surface area contributed by atoms with E-state index < -0.39 is 17.9 Å². The van der Waals surface area contributed by atoms with E-state index in [1.807, 2.05) is 0 Å². The van der Waals surface area contributed by atoms with E-state index in [4.69, 9.17) is 0 Å². The molecule has 2 bridgehead atoms. The topological polar surface area (TPSA) is 60.4 Å². The van der Waals surface area contributed by atoms with Crippen LogP contribution in [0.4, 0.5) is 0 Å². The van der Waals surface area contributed by atoms with Crippen molar-refractivity contribution in [1.82, 2.24) is 0 Å². The van der Waals surface area contributed by atoms with Crippen LogP contribution < -0.4 is 0 Å². The molecule has 4 atom stereocenters. The number of ether oxygens (including phenoxy) is 1. The van der Waals surface area contributed by atoms with Gasteiger partial charge in [-0.1, -0.05) is 0 Å². The lowest BCUT2D eigenvalue weighted by molar-refractivity contribution is -0.155. The third kappa shape index (κ3) is 0.692. The highest BCUT2D eigenvalue weighted by atomic mass is 16.6. The minimum absolute atomic E-state index is 0.0847. The van der Waals surface area contributed by atoms with Crippen molar-refractivity contribution in [1.29, 1.82) is 0 Å². The second kappa shape index (κ2) is 2.00. The zero-order valence-corrected chi connectivity index (χ0v) is 6.86. The maximum absolute atomic E-state index is 11.3. The lowest BCUT2D eigenvalue weighted by Crippen LogP contribution is -2.30. The Morgan fingerprint density at radius 2 is 1.77 bits per heavy atom. The monoisotopic (exact) mass is 180 g/mol. The molecule has 1 heterocycles. The Balaban J connectivity index is 2.05. The van der Waals surface area contributed by atoms with Gasteiger partial charge >= 0.3 is 11.9 Å². The summed E-state index contributed by atoms with van der Waals surface area (Å²) in [4.78, 5) is 33.7.